The number of benzene rings is 3. The van der Waals surface area contributed by atoms with E-state index in [1.165, 1.54) is 36.3 Å². The molecule has 0 aromatic heterocycles. The van der Waals surface area contributed by atoms with Gasteiger partial charge in [0.25, 0.3) is 5.91 Å². The maximum atomic E-state index is 12.9. The van der Waals surface area contributed by atoms with Gasteiger partial charge in [0.05, 0.1) is 24.2 Å². The summed E-state index contributed by atoms with van der Waals surface area (Å²) in [5.74, 6) is -0.254. The Kier molecular flexibility index (Phi) is 7.87. The first-order valence-electron chi connectivity index (χ1n) is 11.3. The number of rotatable bonds is 9. The molecule has 3 aromatic carbocycles. The number of para-hydroxylation sites is 2. The van der Waals surface area contributed by atoms with Crippen LogP contribution in [-0.2, 0) is 30.8 Å². The predicted molar refractivity (Wildman–Crippen MR) is 132 cm³/mol. The number of ether oxygens (including phenoxy) is 3. The van der Waals surface area contributed by atoms with Gasteiger partial charge in [0.15, 0.2) is 6.61 Å². The second-order valence-corrected chi connectivity index (χ2v) is 9.76. The van der Waals surface area contributed by atoms with Crippen LogP contribution in [0.2, 0.25) is 0 Å². The third-order valence-corrected chi connectivity index (χ3v) is 7.06. The fraction of sp³-hybridized carbons (Fsp3) is 0.231. The molecule has 10 heteroatoms. The van der Waals surface area contributed by atoms with Crippen LogP contribution >= 0.6 is 0 Å². The van der Waals surface area contributed by atoms with Gasteiger partial charge in [-0.1, -0.05) is 42.5 Å². The van der Waals surface area contributed by atoms with Crippen molar-refractivity contribution in [2.24, 2.45) is 0 Å². The quantitative estimate of drug-likeness (QED) is 0.441. The van der Waals surface area contributed by atoms with E-state index in [9.17, 15) is 18.0 Å². The second kappa shape index (κ2) is 11.2. The van der Waals surface area contributed by atoms with Gasteiger partial charge in [0.2, 0.25) is 16.1 Å². The van der Waals surface area contributed by atoms with Crippen molar-refractivity contribution < 1.29 is 32.2 Å². The normalized spacial score (nSPS) is 14.9. The van der Waals surface area contributed by atoms with E-state index in [0.29, 0.717) is 23.6 Å². The fourth-order valence-corrected chi connectivity index (χ4v) is 4.75. The van der Waals surface area contributed by atoms with Crippen molar-refractivity contribution >= 4 is 27.6 Å². The van der Waals surface area contributed by atoms with Gasteiger partial charge in [-0.15, -0.1) is 0 Å². The topological polar surface area (TPSA) is 111 Å². The van der Waals surface area contributed by atoms with E-state index >= 15 is 0 Å². The maximum absolute atomic E-state index is 12.9. The van der Waals surface area contributed by atoms with Crippen molar-refractivity contribution in [3.05, 3.63) is 84.4 Å². The summed E-state index contributed by atoms with van der Waals surface area (Å²) in [7, 11) is -2.43. The molecule has 188 valence electrons. The van der Waals surface area contributed by atoms with Gasteiger partial charge in [-0.05, 0) is 48.4 Å². The molecule has 1 amide bonds. The van der Waals surface area contributed by atoms with E-state index < -0.39 is 22.1 Å². The minimum Gasteiger partial charge on any atom is -0.484 e. The highest BCUT2D eigenvalue weighted by atomic mass is 32.2. The summed E-state index contributed by atoms with van der Waals surface area (Å²) >= 11 is 0. The van der Waals surface area contributed by atoms with Crippen LogP contribution in [0, 0.1) is 0 Å². The summed E-state index contributed by atoms with van der Waals surface area (Å²) in [4.78, 5) is 26.5. The van der Waals surface area contributed by atoms with Gasteiger partial charge >= 0.3 is 5.97 Å². The average Bonchev–Trinajstić information content (AvgIpc) is 2.91. The number of anilines is 1. The maximum Gasteiger partial charge on any atom is 0.348 e. The third-order valence-electron chi connectivity index (χ3n) is 5.58. The van der Waals surface area contributed by atoms with Crippen molar-refractivity contribution in [3.8, 4) is 11.5 Å². The zero-order valence-electron chi connectivity index (χ0n) is 19.6. The molecule has 1 heterocycles. The Morgan fingerprint density at radius 2 is 1.69 bits per heavy atom. The molecule has 0 fully saturated rings. The van der Waals surface area contributed by atoms with E-state index in [0.717, 1.165) is 5.56 Å². The predicted octanol–water partition coefficient (Wildman–Crippen LogP) is 2.55. The van der Waals surface area contributed by atoms with Crippen LogP contribution in [0.3, 0.4) is 0 Å². The van der Waals surface area contributed by atoms with Crippen LogP contribution in [0.4, 0.5) is 5.69 Å². The molecule has 1 atom stereocenters. The lowest BCUT2D eigenvalue weighted by atomic mass is 10.2. The number of fused-ring (bicyclic) bond motifs is 1. The largest absolute Gasteiger partial charge is 0.484 e. The van der Waals surface area contributed by atoms with Gasteiger partial charge in [0.1, 0.15) is 11.5 Å². The minimum absolute atomic E-state index is 0.0162. The molecule has 0 unspecified atom stereocenters. The number of hydrogen-bond acceptors (Lipinski definition) is 7. The lowest BCUT2D eigenvalue weighted by Gasteiger charge is -2.33. The van der Waals surface area contributed by atoms with Crippen LogP contribution in [0.1, 0.15) is 5.56 Å². The van der Waals surface area contributed by atoms with E-state index in [-0.39, 0.29) is 30.5 Å². The number of nitrogens with one attached hydrogen (secondary N) is 1. The lowest BCUT2D eigenvalue weighted by molar-refractivity contribution is -0.148. The van der Waals surface area contributed by atoms with E-state index in [1.54, 1.807) is 24.3 Å². The number of sulfonamides is 1. The minimum atomic E-state index is -3.68. The number of carbonyl (C=O) groups excluding carboxylic acids is 2. The summed E-state index contributed by atoms with van der Waals surface area (Å²) < 4.78 is 43.7. The molecule has 1 aliphatic rings. The summed E-state index contributed by atoms with van der Waals surface area (Å²) in [6, 6.07) is 22.3. The second-order valence-electron chi connectivity index (χ2n) is 8.00. The number of nitrogens with zero attached hydrogens (tertiary/aromatic N) is 1. The van der Waals surface area contributed by atoms with Crippen LogP contribution in [0.5, 0.6) is 11.5 Å². The number of methoxy groups -OCH3 is 1. The molecule has 0 saturated heterocycles. The lowest BCUT2D eigenvalue weighted by Crippen LogP contribution is -2.48. The summed E-state index contributed by atoms with van der Waals surface area (Å²) in [5, 5.41) is 0. The van der Waals surface area contributed by atoms with Crippen LogP contribution in [-0.4, -0.2) is 53.2 Å². The summed E-state index contributed by atoms with van der Waals surface area (Å²) in [6.07, 6.45) is -0.377. The van der Waals surface area contributed by atoms with Crippen molar-refractivity contribution in [1.29, 1.82) is 0 Å². The van der Waals surface area contributed by atoms with Gasteiger partial charge in [-0.2, -0.15) is 0 Å². The molecular formula is C26H26N2O7S. The monoisotopic (exact) mass is 510 g/mol. The zero-order chi connectivity index (χ0) is 25.5. The van der Waals surface area contributed by atoms with Crippen LogP contribution in [0.15, 0.2) is 83.8 Å². The summed E-state index contributed by atoms with van der Waals surface area (Å²) in [6.45, 7) is -0.0615. The molecule has 4 rings (SSSR count). The molecule has 3 aromatic rings. The highest BCUT2D eigenvalue weighted by Crippen LogP contribution is 2.33. The highest BCUT2D eigenvalue weighted by Gasteiger charge is 2.34. The smallest absolute Gasteiger partial charge is 0.348 e. The Morgan fingerprint density at radius 3 is 2.42 bits per heavy atom. The van der Waals surface area contributed by atoms with Crippen LogP contribution in [0.25, 0.3) is 0 Å². The van der Waals surface area contributed by atoms with E-state index in [1.807, 2.05) is 30.3 Å². The Morgan fingerprint density at radius 1 is 1.00 bits per heavy atom. The molecule has 0 radical (unpaired) electrons. The standard InChI is InChI=1S/C26H26N2O7S/c1-33-26(30)24-17-28(22-9-5-6-10-23(22)35-24)25(29)18-34-20-11-13-21(14-12-20)36(31,32)27-16-15-19-7-3-2-4-8-19/h2-14,24,27H,15-18H2,1H3/t24-/m1/s1. The third kappa shape index (κ3) is 6.02. The molecule has 0 spiro atoms. The molecule has 1 aliphatic heterocycles. The van der Waals surface area contributed by atoms with Crippen molar-refractivity contribution in [1.82, 2.24) is 4.72 Å². The van der Waals surface area contributed by atoms with Gasteiger partial charge in [0, 0.05) is 6.54 Å². The number of carbonyl (C=O) groups is 2. The molecule has 0 aliphatic carbocycles. The molecule has 0 bridgehead atoms. The van der Waals surface area contributed by atoms with Crippen LogP contribution < -0.4 is 19.1 Å². The Bertz CT molecular complexity index is 1310. The van der Waals surface area contributed by atoms with Crippen molar-refractivity contribution in [2.75, 3.05) is 31.7 Å². The number of esters is 1. The highest BCUT2D eigenvalue weighted by molar-refractivity contribution is 7.89. The Labute approximate surface area is 209 Å². The molecule has 9 nitrogen and oxygen atoms in total. The van der Waals surface area contributed by atoms with Gasteiger partial charge < -0.3 is 19.1 Å². The van der Waals surface area contributed by atoms with E-state index in [2.05, 4.69) is 4.72 Å². The Hall–Kier alpha value is -3.89. The zero-order valence-corrected chi connectivity index (χ0v) is 20.4. The average molecular weight is 511 g/mol. The molecule has 36 heavy (non-hydrogen) atoms. The van der Waals surface area contributed by atoms with Gasteiger partial charge in [-0.3, -0.25) is 4.79 Å². The molecule has 0 saturated carbocycles. The van der Waals surface area contributed by atoms with Crippen molar-refractivity contribution in [2.45, 2.75) is 17.4 Å². The first kappa shape index (κ1) is 25.2. The molecular weight excluding hydrogens is 484 g/mol. The Balaban J connectivity index is 1.35. The first-order chi connectivity index (χ1) is 17.4. The summed E-state index contributed by atoms with van der Waals surface area (Å²) in [5.41, 5.74) is 1.56. The first-order valence-corrected chi connectivity index (χ1v) is 12.8. The van der Waals surface area contributed by atoms with E-state index in [4.69, 9.17) is 14.2 Å². The number of amides is 1. The SMILES string of the molecule is COC(=O)[C@H]1CN(C(=O)COc2ccc(S(=O)(=O)NCCc3ccccc3)cc2)c2ccccc2O1. The molecule has 1 N–H and O–H groups in total. The van der Waals surface area contributed by atoms with Crippen molar-refractivity contribution in [3.63, 3.8) is 0 Å². The van der Waals surface area contributed by atoms with Gasteiger partial charge in [-0.25, -0.2) is 17.9 Å². The number of hydrogen-bond donors (Lipinski definition) is 1. The fourth-order valence-electron chi connectivity index (χ4n) is 3.72.